The number of halogens is 1. The molecule has 0 unspecified atom stereocenters. The molecule has 1 aliphatic heterocycles. The number of nitrogens with zero attached hydrogens (tertiary/aromatic N) is 4. The number of thiol groups is 1. The van der Waals surface area contributed by atoms with Crippen LogP contribution in [0.4, 0.5) is 23.3 Å². The van der Waals surface area contributed by atoms with Gasteiger partial charge >= 0.3 is 0 Å². The molecule has 0 spiro atoms. The topological polar surface area (TPSA) is 81.8 Å². The molecule has 9 heteroatoms. The van der Waals surface area contributed by atoms with E-state index in [0.717, 1.165) is 37.3 Å². The van der Waals surface area contributed by atoms with E-state index in [1.54, 1.807) is 6.20 Å². The molecule has 0 aliphatic carbocycles. The summed E-state index contributed by atoms with van der Waals surface area (Å²) in [5.41, 5.74) is 5.81. The molecule has 0 amide bonds. The Bertz CT molecular complexity index is 1040. The van der Waals surface area contributed by atoms with E-state index in [9.17, 15) is 0 Å². The number of aromatic amines is 1. The second-order valence-corrected chi connectivity index (χ2v) is 8.80. The van der Waals surface area contributed by atoms with Gasteiger partial charge in [-0.2, -0.15) is 10.1 Å². The van der Waals surface area contributed by atoms with Gasteiger partial charge in [0.25, 0.3) is 0 Å². The largest absolute Gasteiger partial charge is 0.324 e. The summed E-state index contributed by atoms with van der Waals surface area (Å²) in [6, 6.07) is 6.36. The minimum atomic E-state index is 0.431. The van der Waals surface area contributed by atoms with Crippen LogP contribution in [0.2, 0.25) is 5.02 Å². The molecule has 3 heterocycles. The fourth-order valence-electron chi connectivity index (χ4n) is 3.83. The van der Waals surface area contributed by atoms with Crippen molar-refractivity contribution in [3.63, 3.8) is 0 Å². The van der Waals surface area contributed by atoms with Crippen molar-refractivity contribution >= 4 is 47.7 Å². The standard InChI is InChI=1S/C21H26ClN7S/c1-12-9-18(13(2)8-16(12)15-4-6-29(30)7-5-15)24-21-23-11-17(22)20(26-21)25-19-10-14(3)27-28-19/h8-11,15,30H,4-7H2,1-3H3,(H3,23,24,25,26,27,28). The summed E-state index contributed by atoms with van der Waals surface area (Å²) in [6.45, 7) is 8.26. The molecule has 0 bridgehead atoms. The smallest absolute Gasteiger partial charge is 0.229 e. The lowest BCUT2D eigenvalue weighted by Crippen LogP contribution is -2.25. The molecule has 2 aromatic heterocycles. The van der Waals surface area contributed by atoms with Crippen LogP contribution in [0.1, 0.15) is 41.1 Å². The third kappa shape index (κ3) is 4.71. The number of anilines is 4. The van der Waals surface area contributed by atoms with Crippen molar-refractivity contribution < 1.29 is 0 Å². The first kappa shape index (κ1) is 21.0. The number of nitrogens with one attached hydrogen (secondary N) is 3. The molecule has 1 fully saturated rings. The zero-order valence-corrected chi connectivity index (χ0v) is 19.0. The van der Waals surface area contributed by atoms with E-state index in [-0.39, 0.29) is 0 Å². The lowest BCUT2D eigenvalue weighted by Gasteiger charge is -2.29. The molecule has 0 atom stereocenters. The van der Waals surface area contributed by atoms with Crippen molar-refractivity contribution in [3.05, 3.63) is 51.8 Å². The highest BCUT2D eigenvalue weighted by Crippen LogP contribution is 2.34. The van der Waals surface area contributed by atoms with Crippen LogP contribution in [0.15, 0.2) is 24.4 Å². The van der Waals surface area contributed by atoms with E-state index in [4.69, 9.17) is 11.6 Å². The van der Waals surface area contributed by atoms with Gasteiger partial charge in [-0.05, 0) is 62.3 Å². The predicted octanol–water partition coefficient (Wildman–Crippen LogP) is 5.29. The summed E-state index contributed by atoms with van der Waals surface area (Å²) in [5, 5.41) is 14.0. The number of hydrogen-bond donors (Lipinski definition) is 4. The molecule has 30 heavy (non-hydrogen) atoms. The van der Waals surface area contributed by atoms with E-state index >= 15 is 0 Å². The van der Waals surface area contributed by atoms with Gasteiger partial charge in [0.05, 0.1) is 6.20 Å². The second-order valence-electron chi connectivity index (χ2n) is 7.83. The van der Waals surface area contributed by atoms with Crippen LogP contribution in [0.3, 0.4) is 0 Å². The van der Waals surface area contributed by atoms with E-state index in [0.29, 0.717) is 28.5 Å². The van der Waals surface area contributed by atoms with Gasteiger partial charge in [-0.25, -0.2) is 4.98 Å². The van der Waals surface area contributed by atoms with Crippen LogP contribution in [0, 0.1) is 20.8 Å². The Hall–Kier alpha value is -2.29. The highest BCUT2D eigenvalue weighted by atomic mass is 35.5. The molecule has 0 saturated carbocycles. The van der Waals surface area contributed by atoms with Gasteiger partial charge in [0.1, 0.15) is 5.02 Å². The maximum Gasteiger partial charge on any atom is 0.229 e. The average Bonchev–Trinajstić information content (AvgIpc) is 3.12. The number of benzene rings is 1. The van der Waals surface area contributed by atoms with Crippen molar-refractivity contribution in [1.29, 1.82) is 0 Å². The number of rotatable bonds is 5. The molecule has 0 radical (unpaired) electrons. The maximum absolute atomic E-state index is 6.27. The summed E-state index contributed by atoms with van der Waals surface area (Å²) in [5.74, 6) is 2.22. The van der Waals surface area contributed by atoms with E-state index in [2.05, 4.69) is 73.9 Å². The van der Waals surface area contributed by atoms with Gasteiger partial charge < -0.3 is 10.6 Å². The van der Waals surface area contributed by atoms with Gasteiger partial charge in [0.2, 0.25) is 5.95 Å². The van der Waals surface area contributed by atoms with Crippen molar-refractivity contribution in [1.82, 2.24) is 24.5 Å². The number of aromatic nitrogens is 4. The third-order valence-electron chi connectivity index (χ3n) is 5.47. The zero-order chi connectivity index (χ0) is 21.3. The molecule has 1 aliphatic rings. The Morgan fingerprint density at radius 2 is 1.87 bits per heavy atom. The summed E-state index contributed by atoms with van der Waals surface area (Å²) in [7, 11) is 0. The third-order valence-corrected chi connectivity index (χ3v) is 6.14. The maximum atomic E-state index is 6.27. The number of piperidine rings is 1. The molecule has 158 valence electrons. The van der Waals surface area contributed by atoms with Crippen molar-refractivity contribution in [2.45, 2.75) is 39.5 Å². The summed E-state index contributed by atoms with van der Waals surface area (Å²) < 4.78 is 2.10. The summed E-state index contributed by atoms with van der Waals surface area (Å²) in [6.07, 6.45) is 3.86. The summed E-state index contributed by atoms with van der Waals surface area (Å²) >= 11 is 10.7. The Morgan fingerprint density at radius 1 is 1.10 bits per heavy atom. The zero-order valence-electron chi connectivity index (χ0n) is 17.3. The number of aryl methyl sites for hydroxylation is 3. The first-order valence-corrected chi connectivity index (χ1v) is 10.8. The van der Waals surface area contributed by atoms with Crippen LogP contribution >= 0.6 is 24.4 Å². The molecular weight excluding hydrogens is 418 g/mol. The van der Waals surface area contributed by atoms with Gasteiger partial charge in [0.15, 0.2) is 11.6 Å². The molecule has 1 aromatic carbocycles. The first-order chi connectivity index (χ1) is 14.4. The molecule has 7 nitrogen and oxygen atoms in total. The van der Waals surface area contributed by atoms with Crippen LogP contribution in [-0.2, 0) is 0 Å². The van der Waals surface area contributed by atoms with Gasteiger partial charge in [-0.3, -0.25) is 9.40 Å². The SMILES string of the molecule is Cc1cc(Nc2nc(Nc3cc(C)c(C4CCN(S)CC4)cc3C)ncc2Cl)n[nH]1. The van der Waals surface area contributed by atoms with E-state index in [1.807, 2.05) is 13.0 Å². The van der Waals surface area contributed by atoms with Crippen molar-refractivity contribution in [2.24, 2.45) is 0 Å². The van der Waals surface area contributed by atoms with Crippen molar-refractivity contribution in [2.75, 3.05) is 23.7 Å². The Balaban J connectivity index is 1.54. The normalized spacial score (nSPS) is 15.4. The molecule has 4 rings (SSSR count). The fourth-order valence-corrected chi connectivity index (χ4v) is 4.20. The minimum Gasteiger partial charge on any atom is -0.324 e. The molecular formula is C21H26ClN7S. The lowest BCUT2D eigenvalue weighted by atomic mass is 9.86. The minimum absolute atomic E-state index is 0.431. The average molecular weight is 444 g/mol. The highest BCUT2D eigenvalue weighted by molar-refractivity contribution is 7.77. The van der Waals surface area contributed by atoms with Crippen LogP contribution in [0.5, 0.6) is 0 Å². The first-order valence-electron chi connectivity index (χ1n) is 10.0. The number of H-pyrrole nitrogens is 1. The van der Waals surface area contributed by atoms with Gasteiger partial charge in [0, 0.05) is 30.5 Å². The van der Waals surface area contributed by atoms with E-state index < -0.39 is 0 Å². The van der Waals surface area contributed by atoms with Gasteiger partial charge in [-0.1, -0.05) is 30.5 Å². The quantitative estimate of drug-likeness (QED) is 0.401. The monoisotopic (exact) mass is 443 g/mol. The molecule has 3 N–H and O–H groups in total. The Kier molecular flexibility index (Phi) is 6.17. The predicted molar refractivity (Wildman–Crippen MR) is 125 cm³/mol. The lowest BCUT2D eigenvalue weighted by molar-refractivity contribution is 0.349. The van der Waals surface area contributed by atoms with Crippen LogP contribution in [-0.4, -0.2) is 37.6 Å². The van der Waals surface area contributed by atoms with Crippen LogP contribution < -0.4 is 10.6 Å². The second kappa shape index (κ2) is 8.83. The highest BCUT2D eigenvalue weighted by Gasteiger charge is 2.21. The molecule has 1 saturated heterocycles. The Labute approximate surface area is 187 Å². The fraction of sp³-hybridized carbons (Fsp3) is 0.381. The van der Waals surface area contributed by atoms with Gasteiger partial charge in [-0.15, -0.1) is 0 Å². The Morgan fingerprint density at radius 3 is 2.57 bits per heavy atom. The van der Waals surface area contributed by atoms with Crippen molar-refractivity contribution in [3.8, 4) is 0 Å². The molecule has 3 aromatic rings. The summed E-state index contributed by atoms with van der Waals surface area (Å²) in [4.78, 5) is 8.87. The van der Waals surface area contributed by atoms with E-state index in [1.165, 1.54) is 16.7 Å². The number of hydrogen-bond acceptors (Lipinski definition) is 7. The van der Waals surface area contributed by atoms with Crippen LogP contribution in [0.25, 0.3) is 0 Å².